The smallest absolute Gasteiger partial charge is 0.162 e. The zero-order chi connectivity index (χ0) is 24.2. The number of hydrogen-bond acceptors (Lipinski definition) is 2. The van der Waals surface area contributed by atoms with Crippen molar-refractivity contribution >= 4 is 0 Å². The third kappa shape index (κ3) is 7.06. The Hall–Kier alpha value is -2.39. The van der Waals surface area contributed by atoms with Crippen molar-refractivity contribution in [3.05, 3.63) is 89.8 Å². The highest BCUT2D eigenvalue weighted by Crippen LogP contribution is 2.42. The molecule has 0 saturated heterocycles. The molecule has 0 saturated carbocycles. The molecule has 2 aromatic rings. The molecule has 3 atom stereocenters. The Morgan fingerprint density at radius 3 is 2.26 bits per heavy atom. The maximum absolute atomic E-state index is 15.8. The van der Waals surface area contributed by atoms with Gasteiger partial charge in [0.2, 0.25) is 0 Å². The Bertz CT molecular complexity index is 903. The normalized spacial score (nSPS) is 20.7. The Balaban J connectivity index is 1.70. The Morgan fingerprint density at radius 1 is 0.882 bits per heavy atom. The van der Waals surface area contributed by atoms with Crippen LogP contribution in [0, 0.1) is 0 Å². The summed E-state index contributed by atoms with van der Waals surface area (Å²) in [4.78, 5) is 0. The predicted octanol–water partition coefficient (Wildman–Crippen LogP) is 9.03. The lowest BCUT2D eigenvalue weighted by Crippen LogP contribution is -2.31. The van der Waals surface area contributed by atoms with Crippen LogP contribution >= 0.6 is 0 Å². The summed E-state index contributed by atoms with van der Waals surface area (Å²) in [6, 6.07) is 17.8. The first-order valence-corrected chi connectivity index (χ1v) is 13.1. The molecule has 2 nitrogen and oxygen atoms in total. The predicted molar refractivity (Wildman–Crippen MR) is 140 cm³/mol. The second-order valence-corrected chi connectivity index (χ2v) is 9.40. The lowest BCUT2D eigenvalue weighted by atomic mass is 9.83. The number of halogens is 1. The van der Waals surface area contributed by atoms with Gasteiger partial charge in [0.05, 0.1) is 6.10 Å². The topological polar surface area (TPSA) is 18.5 Å². The third-order valence-corrected chi connectivity index (χ3v) is 6.57. The van der Waals surface area contributed by atoms with E-state index in [1.807, 2.05) is 60.7 Å². The SMILES string of the molecule is CCCCCCOC1(c2ccccc2)C=CC(c2ccc(OC(C)CCCCC)cc2)C=C1F. The van der Waals surface area contributed by atoms with Gasteiger partial charge in [-0.2, -0.15) is 0 Å². The van der Waals surface area contributed by atoms with Crippen LogP contribution in [0.1, 0.15) is 89.2 Å². The minimum atomic E-state index is -1.14. The first kappa shape index (κ1) is 26.2. The highest BCUT2D eigenvalue weighted by Gasteiger charge is 2.38. The number of allylic oxidation sites excluding steroid dienone is 2. The van der Waals surface area contributed by atoms with Crippen molar-refractivity contribution < 1.29 is 13.9 Å². The van der Waals surface area contributed by atoms with Crippen LogP contribution in [0.2, 0.25) is 0 Å². The van der Waals surface area contributed by atoms with Gasteiger partial charge in [0.1, 0.15) is 11.6 Å². The minimum Gasteiger partial charge on any atom is -0.491 e. The molecule has 0 fully saturated rings. The zero-order valence-electron chi connectivity index (χ0n) is 21.1. The van der Waals surface area contributed by atoms with Gasteiger partial charge in [0, 0.05) is 12.5 Å². The number of hydrogen-bond donors (Lipinski definition) is 0. The molecule has 1 aliphatic carbocycles. The average molecular weight is 465 g/mol. The summed E-state index contributed by atoms with van der Waals surface area (Å²) in [6.07, 6.45) is 15.0. The van der Waals surface area contributed by atoms with Crippen LogP contribution in [0.5, 0.6) is 5.75 Å². The fraction of sp³-hybridized carbons (Fsp3) is 0.484. The van der Waals surface area contributed by atoms with Crippen molar-refractivity contribution in [1.82, 2.24) is 0 Å². The molecule has 0 N–H and O–H groups in total. The van der Waals surface area contributed by atoms with E-state index < -0.39 is 5.60 Å². The molecular formula is C31H41FO2. The van der Waals surface area contributed by atoms with E-state index in [2.05, 4.69) is 26.8 Å². The molecule has 0 aliphatic heterocycles. The maximum Gasteiger partial charge on any atom is 0.162 e. The van der Waals surface area contributed by atoms with E-state index in [4.69, 9.17) is 9.47 Å². The van der Waals surface area contributed by atoms with Gasteiger partial charge < -0.3 is 9.47 Å². The quantitative estimate of drug-likeness (QED) is 0.205. The van der Waals surface area contributed by atoms with Crippen LogP contribution in [-0.2, 0) is 10.3 Å². The first-order chi connectivity index (χ1) is 16.6. The van der Waals surface area contributed by atoms with Gasteiger partial charge in [-0.25, -0.2) is 4.39 Å². The molecule has 3 heteroatoms. The summed E-state index contributed by atoms with van der Waals surface area (Å²) >= 11 is 0. The molecule has 2 aromatic carbocycles. The van der Waals surface area contributed by atoms with Crippen molar-refractivity contribution in [3.63, 3.8) is 0 Å². The molecule has 184 valence electrons. The second-order valence-electron chi connectivity index (χ2n) is 9.40. The zero-order valence-corrected chi connectivity index (χ0v) is 21.1. The molecule has 0 heterocycles. The van der Waals surface area contributed by atoms with E-state index in [9.17, 15) is 0 Å². The highest BCUT2D eigenvalue weighted by atomic mass is 19.1. The van der Waals surface area contributed by atoms with Crippen LogP contribution in [0.3, 0.4) is 0 Å². The van der Waals surface area contributed by atoms with Gasteiger partial charge in [-0.15, -0.1) is 0 Å². The van der Waals surface area contributed by atoms with Crippen molar-refractivity contribution in [2.45, 2.75) is 89.8 Å². The van der Waals surface area contributed by atoms with E-state index in [-0.39, 0.29) is 17.8 Å². The molecule has 0 bridgehead atoms. The van der Waals surface area contributed by atoms with Crippen LogP contribution in [0.25, 0.3) is 0 Å². The Morgan fingerprint density at radius 2 is 1.59 bits per heavy atom. The summed E-state index contributed by atoms with van der Waals surface area (Å²) in [6.45, 7) is 7.06. The monoisotopic (exact) mass is 464 g/mol. The van der Waals surface area contributed by atoms with Crippen LogP contribution in [-0.4, -0.2) is 12.7 Å². The summed E-state index contributed by atoms with van der Waals surface area (Å²) < 4.78 is 28.1. The highest BCUT2D eigenvalue weighted by molar-refractivity contribution is 5.44. The van der Waals surface area contributed by atoms with E-state index in [1.165, 1.54) is 32.1 Å². The van der Waals surface area contributed by atoms with Gasteiger partial charge in [-0.05, 0) is 61.6 Å². The van der Waals surface area contributed by atoms with Crippen molar-refractivity contribution in [1.29, 1.82) is 0 Å². The maximum atomic E-state index is 15.8. The Labute approximate surface area is 205 Å². The number of benzene rings is 2. The lowest BCUT2D eigenvalue weighted by Gasteiger charge is -2.34. The lowest BCUT2D eigenvalue weighted by molar-refractivity contribution is -0.00374. The minimum absolute atomic E-state index is 0.128. The number of ether oxygens (including phenoxy) is 2. The molecule has 1 aliphatic rings. The molecule has 34 heavy (non-hydrogen) atoms. The van der Waals surface area contributed by atoms with Crippen LogP contribution in [0.15, 0.2) is 78.7 Å². The standard InChI is InChI=1S/C31H41FO2/c1-4-6-8-13-23-33-31(28-15-11-9-12-16-28)22-21-27(24-30(31)32)26-17-19-29(20-18-26)34-25(3)14-10-7-5-2/h9,11-12,15-22,24-25,27H,4-8,10,13-14,23H2,1-3H3. The molecular weight excluding hydrogens is 423 g/mol. The average Bonchev–Trinajstić information content (AvgIpc) is 2.86. The molecule has 3 unspecified atom stereocenters. The van der Waals surface area contributed by atoms with Gasteiger partial charge in [-0.3, -0.25) is 0 Å². The van der Waals surface area contributed by atoms with Gasteiger partial charge in [0.25, 0.3) is 0 Å². The largest absolute Gasteiger partial charge is 0.491 e. The number of unbranched alkanes of at least 4 members (excludes halogenated alkanes) is 5. The van der Waals surface area contributed by atoms with Crippen molar-refractivity contribution in [2.75, 3.05) is 6.61 Å². The second kappa shape index (κ2) is 13.5. The molecule has 0 spiro atoms. The molecule has 0 aromatic heterocycles. The summed E-state index contributed by atoms with van der Waals surface area (Å²) in [7, 11) is 0. The summed E-state index contributed by atoms with van der Waals surface area (Å²) in [5.41, 5.74) is 0.734. The molecule has 3 rings (SSSR count). The Kier molecular flexibility index (Phi) is 10.4. The van der Waals surface area contributed by atoms with Gasteiger partial charge >= 0.3 is 0 Å². The van der Waals surface area contributed by atoms with E-state index in [1.54, 1.807) is 6.08 Å². The number of rotatable bonds is 14. The van der Waals surface area contributed by atoms with Gasteiger partial charge in [0.15, 0.2) is 5.60 Å². The molecule has 0 radical (unpaired) electrons. The fourth-order valence-corrected chi connectivity index (χ4v) is 4.49. The van der Waals surface area contributed by atoms with Crippen molar-refractivity contribution in [2.24, 2.45) is 0 Å². The van der Waals surface area contributed by atoms with Crippen LogP contribution < -0.4 is 4.74 Å². The van der Waals surface area contributed by atoms with Gasteiger partial charge in [-0.1, -0.05) is 94.5 Å². The van der Waals surface area contributed by atoms with E-state index in [0.29, 0.717) is 6.61 Å². The van der Waals surface area contributed by atoms with E-state index in [0.717, 1.165) is 36.1 Å². The van der Waals surface area contributed by atoms with Crippen molar-refractivity contribution in [3.8, 4) is 5.75 Å². The fourth-order valence-electron chi connectivity index (χ4n) is 4.49. The van der Waals surface area contributed by atoms with E-state index >= 15 is 4.39 Å². The van der Waals surface area contributed by atoms with Crippen LogP contribution in [0.4, 0.5) is 4.39 Å². The third-order valence-electron chi connectivity index (χ3n) is 6.57. The summed E-state index contributed by atoms with van der Waals surface area (Å²) in [5, 5.41) is 0. The summed E-state index contributed by atoms with van der Waals surface area (Å²) in [5.74, 6) is 0.495. The molecule has 0 amide bonds. The first-order valence-electron chi connectivity index (χ1n) is 13.1.